The molecular weight excluding hydrogens is 186 g/mol. The van der Waals surface area contributed by atoms with E-state index in [1.54, 1.807) is 0 Å². The molecule has 1 aromatic carbocycles. The summed E-state index contributed by atoms with van der Waals surface area (Å²) in [6.07, 6.45) is 0.844. The van der Waals surface area contributed by atoms with Crippen molar-refractivity contribution in [3.63, 3.8) is 0 Å². The highest BCUT2D eigenvalue weighted by molar-refractivity contribution is 5.43. The van der Waals surface area contributed by atoms with Gasteiger partial charge in [-0.1, -0.05) is 17.7 Å². The van der Waals surface area contributed by atoms with E-state index in [0.717, 1.165) is 17.7 Å². The average Bonchev–Trinajstić information content (AvgIpc) is 2.03. The van der Waals surface area contributed by atoms with E-state index in [1.807, 2.05) is 6.07 Å². The Labute approximate surface area is 91.4 Å². The Morgan fingerprint density at radius 3 is 2.60 bits per heavy atom. The minimum atomic E-state index is -0.289. The predicted molar refractivity (Wildman–Crippen MR) is 62.0 cm³/mol. The highest BCUT2D eigenvalue weighted by Crippen LogP contribution is 2.41. The SMILES string of the molecule is Cc1ccc2c(c1)C(C)(N)CC(C)(C)O2. The Morgan fingerprint density at radius 1 is 1.27 bits per heavy atom. The summed E-state index contributed by atoms with van der Waals surface area (Å²) in [5.74, 6) is 0.932. The highest BCUT2D eigenvalue weighted by Gasteiger charge is 2.39. The molecule has 0 saturated carbocycles. The first-order valence-corrected chi connectivity index (χ1v) is 5.39. The van der Waals surface area contributed by atoms with Crippen molar-refractivity contribution in [2.45, 2.75) is 45.3 Å². The van der Waals surface area contributed by atoms with Crippen LogP contribution in [0.3, 0.4) is 0 Å². The lowest BCUT2D eigenvalue weighted by atomic mass is 9.79. The van der Waals surface area contributed by atoms with Gasteiger partial charge in [0.2, 0.25) is 0 Å². The van der Waals surface area contributed by atoms with Crippen LogP contribution in [0.1, 0.15) is 38.3 Å². The molecule has 0 amide bonds. The Kier molecular flexibility index (Phi) is 2.09. The zero-order chi connectivity index (χ0) is 11.3. The smallest absolute Gasteiger partial charge is 0.125 e. The monoisotopic (exact) mass is 205 g/mol. The average molecular weight is 205 g/mol. The van der Waals surface area contributed by atoms with Gasteiger partial charge in [-0.2, -0.15) is 0 Å². The normalized spacial score (nSPS) is 28.1. The van der Waals surface area contributed by atoms with Crippen molar-refractivity contribution in [2.24, 2.45) is 5.73 Å². The molecule has 1 aromatic rings. The van der Waals surface area contributed by atoms with Gasteiger partial charge in [-0.3, -0.25) is 0 Å². The topological polar surface area (TPSA) is 35.2 Å². The van der Waals surface area contributed by atoms with Gasteiger partial charge in [0.25, 0.3) is 0 Å². The summed E-state index contributed by atoms with van der Waals surface area (Å²) in [7, 11) is 0. The molecule has 0 aromatic heterocycles. The van der Waals surface area contributed by atoms with Crippen molar-refractivity contribution in [1.29, 1.82) is 0 Å². The molecule has 0 fully saturated rings. The van der Waals surface area contributed by atoms with Gasteiger partial charge >= 0.3 is 0 Å². The van der Waals surface area contributed by atoms with Gasteiger partial charge in [0.1, 0.15) is 11.4 Å². The minimum Gasteiger partial charge on any atom is -0.487 e. The minimum absolute atomic E-state index is 0.175. The fourth-order valence-electron chi connectivity index (χ4n) is 2.49. The van der Waals surface area contributed by atoms with Gasteiger partial charge in [-0.25, -0.2) is 0 Å². The van der Waals surface area contributed by atoms with Crippen molar-refractivity contribution in [3.8, 4) is 5.75 Å². The van der Waals surface area contributed by atoms with Crippen LogP contribution in [0.4, 0.5) is 0 Å². The van der Waals surface area contributed by atoms with Gasteiger partial charge in [0, 0.05) is 17.5 Å². The summed E-state index contributed by atoms with van der Waals surface area (Å²) >= 11 is 0. The van der Waals surface area contributed by atoms with Crippen LogP contribution < -0.4 is 10.5 Å². The van der Waals surface area contributed by atoms with Crippen molar-refractivity contribution in [2.75, 3.05) is 0 Å². The number of fused-ring (bicyclic) bond motifs is 1. The second-order valence-corrected chi connectivity index (χ2v) is 5.46. The largest absolute Gasteiger partial charge is 0.487 e. The lowest BCUT2D eigenvalue weighted by molar-refractivity contribution is 0.0502. The fraction of sp³-hybridized carbons (Fsp3) is 0.538. The Hall–Kier alpha value is -1.02. The Balaban J connectivity index is 2.55. The molecule has 1 unspecified atom stereocenters. The lowest BCUT2D eigenvalue weighted by Crippen LogP contribution is -2.47. The molecule has 1 heterocycles. The van der Waals surface area contributed by atoms with Gasteiger partial charge in [0.15, 0.2) is 0 Å². The van der Waals surface area contributed by atoms with E-state index < -0.39 is 0 Å². The van der Waals surface area contributed by atoms with Crippen LogP contribution in [0.2, 0.25) is 0 Å². The van der Waals surface area contributed by atoms with Crippen molar-refractivity contribution in [1.82, 2.24) is 0 Å². The fourth-order valence-corrected chi connectivity index (χ4v) is 2.49. The number of benzene rings is 1. The lowest BCUT2D eigenvalue weighted by Gasteiger charge is -2.42. The maximum absolute atomic E-state index is 6.35. The van der Waals surface area contributed by atoms with Crippen LogP contribution in [-0.4, -0.2) is 5.60 Å². The molecule has 2 heteroatoms. The van der Waals surface area contributed by atoms with E-state index in [9.17, 15) is 0 Å². The van der Waals surface area contributed by atoms with Crippen molar-refractivity contribution < 1.29 is 4.74 Å². The molecule has 2 N–H and O–H groups in total. The first-order chi connectivity index (χ1) is 6.80. The molecule has 0 bridgehead atoms. The molecule has 2 rings (SSSR count). The third kappa shape index (κ3) is 1.86. The summed E-state index contributed by atoms with van der Waals surface area (Å²) in [6.45, 7) is 8.33. The van der Waals surface area contributed by atoms with Crippen molar-refractivity contribution >= 4 is 0 Å². The van der Waals surface area contributed by atoms with Gasteiger partial charge in [-0.15, -0.1) is 0 Å². The molecule has 2 nitrogen and oxygen atoms in total. The zero-order valence-corrected chi connectivity index (χ0v) is 9.92. The summed E-state index contributed by atoms with van der Waals surface area (Å²) < 4.78 is 5.93. The third-order valence-electron chi connectivity index (χ3n) is 2.93. The molecule has 15 heavy (non-hydrogen) atoms. The molecule has 0 radical (unpaired) electrons. The van der Waals surface area contributed by atoms with E-state index in [-0.39, 0.29) is 11.1 Å². The number of rotatable bonds is 0. The molecule has 1 atom stereocenters. The zero-order valence-electron chi connectivity index (χ0n) is 9.92. The van der Waals surface area contributed by atoms with Crippen LogP contribution in [-0.2, 0) is 5.54 Å². The standard InChI is InChI=1S/C13H19NO/c1-9-5-6-11-10(7-9)13(4,14)8-12(2,3)15-11/h5-7H,8,14H2,1-4H3. The first kappa shape index (κ1) is 10.5. The molecule has 1 aliphatic rings. The number of ether oxygens (including phenoxy) is 1. The highest BCUT2D eigenvalue weighted by atomic mass is 16.5. The molecular formula is C13H19NO. The van der Waals surface area contributed by atoms with Crippen LogP contribution in [0.25, 0.3) is 0 Å². The van der Waals surface area contributed by atoms with Gasteiger partial charge in [0.05, 0.1) is 0 Å². The molecule has 1 aliphatic heterocycles. The van der Waals surface area contributed by atoms with Crippen LogP contribution >= 0.6 is 0 Å². The summed E-state index contributed by atoms with van der Waals surface area (Å²) in [4.78, 5) is 0. The second-order valence-electron chi connectivity index (χ2n) is 5.46. The van der Waals surface area contributed by atoms with Crippen LogP contribution in [0, 0.1) is 6.92 Å². The van der Waals surface area contributed by atoms with E-state index in [1.165, 1.54) is 5.56 Å². The summed E-state index contributed by atoms with van der Waals surface area (Å²) in [5.41, 5.74) is 8.25. The Bertz CT molecular complexity index is 394. The number of hydrogen-bond donors (Lipinski definition) is 1. The van der Waals surface area contributed by atoms with Gasteiger partial charge < -0.3 is 10.5 Å². The molecule has 0 saturated heterocycles. The van der Waals surface area contributed by atoms with Crippen molar-refractivity contribution in [3.05, 3.63) is 29.3 Å². The van der Waals surface area contributed by atoms with Gasteiger partial charge in [-0.05, 0) is 33.8 Å². The Morgan fingerprint density at radius 2 is 1.93 bits per heavy atom. The molecule has 0 aliphatic carbocycles. The predicted octanol–water partition coefficient (Wildman–Crippen LogP) is 2.73. The molecule has 82 valence electrons. The third-order valence-corrected chi connectivity index (χ3v) is 2.93. The van der Waals surface area contributed by atoms with E-state index in [0.29, 0.717) is 0 Å². The number of aryl methyl sites for hydroxylation is 1. The van der Waals surface area contributed by atoms with E-state index in [2.05, 4.69) is 39.8 Å². The van der Waals surface area contributed by atoms with E-state index in [4.69, 9.17) is 10.5 Å². The molecule has 0 spiro atoms. The second kappa shape index (κ2) is 2.99. The van der Waals surface area contributed by atoms with E-state index >= 15 is 0 Å². The first-order valence-electron chi connectivity index (χ1n) is 5.39. The summed E-state index contributed by atoms with van der Waals surface area (Å²) in [6, 6.07) is 6.22. The maximum atomic E-state index is 6.35. The summed E-state index contributed by atoms with van der Waals surface area (Å²) in [5, 5.41) is 0. The van der Waals surface area contributed by atoms with Crippen LogP contribution in [0.5, 0.6) is 5.75 Å². The quantitative estimate of drug-likeness (QED) is 0.706. The maximum Gasteiger partial charge on any atom is 0.125 e. The number of hydrogen-bond acceptors (Lipinski definition) is 2. The number of nitrogens with two attached hydrogens (primary N) is 1. The van der Waals surface area contributed by atoms with Crippen LogP contribution in [0.15, 0.2) is 18.2 Å².